The first-order valence-electron chi connectivity index (χ1n) is 6.56. The van der Waals surface area contributed by atoms with Crippen molar-refractivity contribution in [1.82, 2.24) is 4.90 Å². The molecule has 1 unspecified atom stereocenters. The molecule has 1 fully saturated rings. The molecule has 0 aliphatic heterocycles. The lowest BCUT2D eigenvalue weighted by Gasteiger charge is -2.29. The van der Waals surface area contributed by atoms with Gasteiger partial charge in [0.2, 0.25) is 0 Å². The normalized spacial score (nSPS) is 17.8. The third-order valence-corrected chi connectivity index (χ3v) is 3.60. The van der Waals surface area contributed by atoms with E-state index in [1.165, 1.54) is 12.1 Å². The van der Waals surface area contributed by atoms with E-state index in [-0.39, 0.29) is 6.04 Å². The van der Waals surface area contributed by atoms with Gasteiger partial charge < -0.3 is 5.73 Å². The van der Waals surface area contributed by atoms with Crippen molar-refractivity contribution in [3.63, 3.8) is 0 Å². The molecule has 1 atom stereocenters. The van der Waals surface area contributed by atoms with Crippen molar-refractivity contribution in [2.75, 3.05) is 13.1 Å². The van der Waals surface area contributed by atoms with Crippen LogP contribution in [-0.2, 0) is 6.18 Å². The van der Waals surface area contributed by atoms with E-state index in [1.54, 1.807) is 6.07 Å². The lowest BCUT2D eigenvalue weighted by Crippen LogP contribution is -2.34. The first-order chi connectivity index (χ1) is 8.93. The highest BCUT2D eigenvalue weighted by Gasteiger charge is 2.34. The molecule has 1 aliphatic carbocycles. The molecule has 0 heterocycles. The minimum Gasteiger partial charge on any atom is -0.329 e. The molecule has 1 aromatic carbocycles. The number of halogens is 3. The Morgan fingerprint density at radius 3 is 2.58 bits per heavy atom. The zero-order valence-electron chi connectivity index (χ0n) is 11.0. The van der Waals surface area contributed by atoms with Crippen LogP contribution in [0, 0.1) is 0 Å². The molecular weight excluding hydrogens is 253 g/mol. The predicted octanol–water partition coefficient (Wildman–Crippen LogP) is 3.19. The topological polar surface area (TPSA) is 29.3 Å². The van der Waals surface area contributed by atoms with E-state index in [1.807, 2.05) is 6.92 Å². The summed E-state index contributed by atoms with van der Waals surface area (Å²) in [5, 5.41) is 0. The van der Waals surface area contributed by atoms with Crippen LogP contribution in [0.3, 0.4) is 0 Å². The van der Waals surface area contributed by atoms with Crippen LogP contribution in [0.2, 0.25) is 0 Å². The summed E-state index contributed by atoms with van der Waals surface area (Å²) in [5.74, 6) is 0. The summed E-state index contributed by atoms with van der Waals surface area (Å²) < 4.78 is 38.2. The summed E-state index contributed by atoms with van der Waals surface area (Å²) in [6, 6.07) is 6.04. The number of rotatable bonds is 5. The SMILES string of the molecule is CC(c1cccc(C(F)(F)F)c1)N(CCN)C1CC1. The van der Waals surface area contributed by atoms with Crippen LogP contribution in [-0.4, -0.2) is 24.0 Å². The molecule has 2 N–H and O–H groups in total. The van der Waals surface area contributed by atoms with E-state index < -0.39 is 11.7 Å². The Hall–Kier alpha value is -1.07. The number of hydrogen-bond donors (Lipinski definition) is 1. The van der Waals surface area contributed by atoms with Crippen molar-refractivity contribution in [3.05, 3.63) is 35.4 Å². The lowest BCUT2D eigenvalue weighted by atomic mass is 10.0. The van der Waals surface area contributed by atoms with Crippen molar-refractivity contribution in [2.45, 2.75) is 38.0 Å². The second kappa shape index (κ2) is 5.51. The van der Waals surface area contributed by atoms with Gasteiger partial charge in [-0.3, -0.25) is 4.90 Å². The van der Waals surface area contributed by atoms with Gasteiger partial charge in [0.15, 0.2) is 0 Å². The molecule has 0 saturated heterocycles. The summed E-state index contributed by atoms with van der Waals surface area (Å²) in [5.41, 5.74) is 5.71. The maximum absolute atomic E-state index is 12.7. The highest BCUT2D eigenvalue weighted by molar-refractivity contribution is 5.28. The maximum Gasteiger partial charge on any atom is 0.416 e. The minimum atomic E-state index is -4.28. The van der Waals surface area contributed by atoms with E-state index >= 15 is 0 Å². The summed E-state index contributed by atoms with van der Waals surface area (Å²) in [6.45, 7) is 3.20. The van der Waals surface area contributed by atoms with Gasteiger partial charge in [-0.2, -0.15) is 13.2 Å². The smallest absolute Gasteiger partial charge is 0.329 e. The molecule has 2 nitrogen and oxygen atoms in total. The van der Waals surface area contributed by atoms with Crippen molar-refractivity contribution in [3.8, 4) is 0 Å². The molecule has 5 heteroatoms. The average Bonchev–Trinajstić information content (AvgIpc) is 3.18. The molecule has 106 valence electrons. The number of hydrogen-bond acceptors (Lipinski definition) is 2. The van der Waals surface area contributed by atoms with Gasteiger partial charge in [-0.05, 0) is 37.5 Å². The summed E-state index contributed by atoms with van der Waals surface area (Å²) in [6.07, 6.45) is -2.05. The molecule has 0 radical (unpaired) electrons. The fourth-order valence-corrected chi connectivity index (χ4v) is 2.41. The number of nitrogens with two attached hydrogens (primary N) is 1. The molecular formula is C14H19F3N2. The molecule has 2 rings (SSSR count). The Bertz CT molecular complexity index is 427. The minimum absolute atomic E-state index is 0.0293. The number of benzene rings is 1. The van der Waals surface area contributed by atoms with Crippen molar-refractivity contribution < 1.29 is 13.2 Å². The quantitative estimate of drug-likeness (QED) is 0.892. The largest absolute Gasteiger partial charge is 0.416 e. The van der Waals surface area contributed by atoms with Gasteiger partial charge >= 0.3 is 6.18 Å². The molecule has 0 amide bonds. The van der Waals surface area contributed by atoms with E-state index in [0.717, 1.165) is 25.5 Å². The van der Waals surface area contributed by atoms with Crippen LogP contribution in [0.25, 0.3) is 0 Å². The summed E-state index contributed by atoms with van der Waals surface area (Å²) in [7, 11) is 0. The van der Waals surface area contributed by atoms with Gasteiger partial charge in [-0.1, -0.05) is 12.1 Å². The highest BCUT2D eigenvalue weighted by atomic mass is 19.4. The third kappa shape index (κ3) is 3.48. The molecule has 1 aliphatic rings. The second-order valence-corrected chi connectivity index (χ2v) is 5.06. The Morgan fingerprint density at radius 1 is 1.37 bits per heavy atom. The van der Waals surface area contributed by atoms with Crippen molar-refractivity contribution in [2.24, 2.45) is 5.73 Å². The predicted molar refractivity (Wildman–Crippen MR) is 68.6 cm³/mol. The zero-order chi connectivity index (χ0) is 14.0. The van der Waals surface area contributed by atoms with Crippen molar-refractivity contribution >= 4 is 0 Å². The van der Waals surface area contributed by atoms with Crippen LogP contribution in [0.15, 0.2) is 24.3 Å². The van der Waals surface area contributed by atoms with E-state index in [9.17, 15) is 13.2 Å². The molecule has 0 spiro atoms. The standard InChI is InChI=1S/C14H19F3N2/c1-10(19(8-7-18)13-5-6-13)11-3-2-4-12(9-11)14(15,16)17/h2-4,9-10,13H,5-8,18H2,1H3. The van der Waals surface area contributed by atoms with Crippen LogP contribution < -0.4 is 5.73 Å². The fraction of sp³-hybridized carbons (Fsp3) is 0.571. The summed E-state index contributed by atoms with van der Waals surface area (Å²) >= 11 is 0. The first-order valence-corrected chi connectivity index (χ1v) is 6.56. The van der Waals surface area contributed by atoms with E-state index in [2.05, 4.69) is 4.90 Å². The molecule has 19 heavy (non-hydrogen) atoms. The zero-order valence-corrected chi connectivity index (χ0v) is 11.0. The van der Waals surface area contributed by atoms with Crippen LogP contribution in [0.1, 0.15) is 36.9 Å². The highest BCUT2D eigenvalue weighted by Crippen LogP contribution is 2.36. The Labute approximate surface area is 111 Å². The number of nitrogens with zero attached hydrogens (tertiary/aromatic N) is 1. The fourth-order valence-electron chi connectivity index (χ4n) is 2.41. The first kappa shape index (κ1) is 14.3. The van der Waals surface area contributed by atoms with E-state index in [0.29, 0.717) is 18.2 Å². The Kier molecular flexibility index (Phi) is 4.16. The number of alkyl halides is 3. The van der Waals surface area contributed by atoms with Crippen LogP contribution in [0.4, 0.5) is 13.2 Å². The monoisotopic (exact) mass is 272 g/mol. The van der Waals surface area contributed by atoms with Gasteiger partial charge in [0.25, 0.3) is 0 Å². The molecule has 0 bridgehead atoms. The Morgan fingerprint density at radius 2 is 2.05 bits per heavy atom. The van der Waals surface area contributed by atoms with Crippen molar-refractivity contribution in [1.29, 1.82) is 0 Å². The van der Waals surface area contributed by atoms with Gasteiger partial charge in [0.1, 0.15) is 0 Å². The Balaban J connectivity index is 2.20. The molecule has 0 aromatic heterocycles. The molecule has 1 saturated carbocycles. The van der Waals surface area contributed by atoms with Gasteiger partial charge in [0, 0.05) is 25.2 Å². The molecule has 1 aromatic rings. The summed E-state index contributed by atoms with van der Waals surface area (Å²) in [4.78, 5) is 2.20. The van der Waals surface area contributed by atoms with Gasteiger partial charge in [-0.15, -0.1) is 0 Å². The maximum atomic E-state index is 12.7. The van der Waals surface area contributed by atoms with Crippen LogP contribution in [0.5, 0.6) is 0 Å². The second-order valence-electron chi connectivity index (χ2n) is 5.06. The average molecular weight is 272 g/mol. The van der Waals surface area contributed by atoms with E-state index in [4.69, 9.17) is 5.73 Å². The van der Waals surface area contributed by atoms with Gasteiger partial charge in [-0.25, -0.2) is 0 Å². The van der Waals surface area contributed by atoms with Crippen LogP contribution >= 0.6 is 0 Å². The lowest BCUT2D eigenvalue weighted by molar-refractivity contribution is -0.137. The third-order valence-electron chi connectivity index (χ3n) is 3.60. The van der Waals surface area contributed by atoms with Gasteiger partial charge in [0.05, 0.1) is 5.56 Å².